The van der Waals surface area contributed by atoms with Gasteiger partial charge in [-0.2, -0.15) is 0 Å². The van der Waals surface area contributed by atoms with E-state index >= 15 is 0 Å². The van der Waals surface area contributed by atoms with Gasteiger partial charge in [-0.1, -0.05) is 18.6 Å². The summed E-state index contributed by atoms with van der Waals surface area (Å²) in [4.78, 5) is 18.3. The van der Waals surface area contributed by atoms with Gasteiger partial charge in [0, 0.05) is 30.6 Å². The summed E-state index contributed by atoms with van der Waals surface area (Å²) in [6.45, 7) is 5.18. The Bertz CT molecular complexity index is 730. The third kappa shape index (κ3) is 3.81. The summed E-state index contributed by atoms with van der Waals surface area (Å²) in [5, 5.41) is 14.2. The fourth-order valence-corrected chi connectivity index (χ4v) is 4.96. The first-order valence-electron chi connectivity index (χ1n) is 9.67. The Morgan fingerprint density at radius 1 is 1.50 bits per heavy atom. The summed E-state index contributed by atoms with van der Waals surface area (Å²) < 4.78 is 2.01. The van der Waals surface area contributed by atoms with Crippen molar-refractivity contribution in [3.63, 3.8) is 0 Å². The number of quaternary nitrogens is 1. The Morgan fingerprint density at radius 3 is 3.15 bits per heavy atom. The van der Waals surface area contributed by atoms with Crippen molar-refractivity contribution in [1.82, 2.24) is 20.0 Å². The molecule has 140 valence electrons. The highest BCUT2D eigenvalue weighted by atomic mass is 32.1. The molecular formula is C18H27N6OS+. The second-order valence-electron chi connectivity index (χ2n) is 7.56. The molecule has 0 spiro atoms. The molecule has 2 aromatic heterocycles. The molecule has 26 heavy (non-hydrogen) atoms. The van der Waals surface area contributed by atoms with E-state index in [9.17, 15) is 4.79 Å². The van der Waals surface area contributed by atoms with Gasteiger partial charge in [0.1, 0.15) is 6.04 Å². The third-order valence-corrected chi connectivity index (χ3v) is 6.52. The Morgan fingerprint density at radius 2 is 2.42 bits per heavy atom. The molecule has 3 aliphatic rings. The minimum absolute atomic E-state index is 0.106. The van der Waals surface area contributed by atoms with Crippen molar-refractivity contribution in [3.8, 4) is 0 Å². The first-order valence-corrected chi connectivity index (χ1v) is 10.5. The second kappa shape index (κ2) is 7.84. The van der Waals surface area contributed by atoms with Crippen LogP contribution in [0.3, 0.4) is 0 Å². The number of carbonyl (C=O) groups is 1. The summed E-state index contributed by atoms with van der Waals surface area (Å²) >= 11 is 1.48. The fourth-order valence-electron chi connectivity index (χ4n) is 4.43. The van der Waals surface area contributed by atoms with Gasteiger partial charge in [-0.25, -0.2) is 9.67 Å². The summed E-state index contributed by atoms with van der Waals surface area (Å²) in [5.41, 5.74) is 1.10. The van der Waals surface area contributed by atoms with Crippen LogP contribution in [0.2, 0.25) is 0 Å². The van der Waals surface area contributed by atoms with Gasteiger partial charge < -0.3 is 10.2 Å². The quantitative estimate of drug-likeness (QED) is 0.757. The molecule has 1 amide bonds. The summed E-state index contributed by atoms with van der Waals surface area (Å²) in [7, 11) is 0. The van der Waals surface area contributed by atoms with Gasteiger partial charge in [0.15, 0.2) is 5.13 Å². The first-order chi connectivity index (χ1) is 12.7. The minimum Gasteiger partial charge on any atom is -0.330 e. The zero-order chi connectivity index (χ0) is 17.9. The highest BCUT2D eigenvalue weighted by Crippen LogP contribution is 2.28. The number of nitrogens with one attached hydrogen (secondary N) is 2. The molecule has 3 saturated heterocycles. The monoisotopic (exact) mass is 375 g/mol. The molecule has 2 aromatic rings. The normalized spacial score (nSPS) is 27.6. The van der Waals surface area contributed by atoms with E-state index in [0.717, 1.165) is 51.0 Å². The predicted octanol–water partition coefficient (Wildman–Crippen LogP) is 1.01. The van der Waals surface area contributed by atoms with E-state index < -0.39 is 0 Å². The zero-order valence-electron chi connectivity index (χ0n) is 15.2. The van der Waals surface area contributed by atoms with Crippen molar-refractivity contribution in [2.24, 2.45) is 11.8 Å². The molecule has 1 unspecified atom stereocenters. The summed E-state index contributed by atoms with van der Waals surface area (Å²) in [6.07, 6.45) is 9.42. The maximum atomic E-state index is 12.6. The van der Waals surface area contributed by atoms with Gasteiger partial charge in [0.05, 0.1) is 31.2 Å². The highest BCUT2D eigenvalue weighted by Gasteiger charge is 2.46. The van der Waals surface area contributed by atoms with Crippen LogP contribution in [-0.2, 0) is 17.8 Å². The third-order valence-electron chi connectivity index (χ3n) is 5.83. The summed E-state index contributed by atoms with van der Waals surface area (Å²) in [5.74, 6) is 0.721. The number of fused-ring (bicyclic) bond motifs is 3. The molecule has 4 atom stereocenters. The number of unbranched alkanes of at least 4 members (excludes halogenated alkanes) is 1. The zero-order valence-corrected chi connectivity index (χ0v) is 16.0. The summed E-state index contributed by atoms with van der Waals surface area (Å²) in [6, 6.07) is 0.540. The van der Waals surface area contributed by atoms with Crippen LogP contribution >= 0.6 is 11.3 Å². The molecule has 0 aromatic carbocycles. The van der Waals surface area contributed by atoms with Crippen LogP contribution in [-0.4, -0.2) is 45.0 Å². The molecule has 3 aliphatic heterocycles. The maximum absolute atomic E-state index is 12.6. The van der Waals surface area contributed by atoms with Crippen molar-refractivity contribution in [2.75, 3.05) is 18.4 Å². The van der Waals surface area contributed by atoms with Gasteiger partial charge in [-0.3, -0.25) is 4.79 Å². The van der Waals surface area contributed by atoms with Crippen molar-refractivity contribution >= 4 is 22.4 Å². The lowest BCUT2D eigenvalue weighted by molar-refractivity contribution is -0.945. The van der Waals surface area contributed by atoms with Gasteiger partial charge in [-0.15, -0.1) is 16.4 Å². The molecule has 0 aliphatic carbocycles. The standard InChI is InChI=1S/C18H26N6OS/c1-2-3-4-14-10-24(22-21-14)11-15-9-13-5-7-23(15)12-16(13)17(25)20-18-19-6-8-26-18/h6,8,10,13,15-16H,2-5,7,9,11-12H2,1H3,(H,19,20,25)/p+1/t13-,15+,16-/m0/s1. The average molecular weight is 376 g/mol. The number of aryl methyl sites for hydroxylation is 1. The lowest BCUT2D eigenvalue weighted by atomic mass is 9.75. The first kappa shape index (κ1) is 17.6. The average Bonchev–Trinajstić information content (AvgIpc) is 3.32. The number of carbonyl (C=O) groups excluding carboxylic acids is 1. The van der Waals surface area contributed by atoms with Crippen LogP contribution < -0.4 is 10.2 Å². The van der Waals surface area contributed by atoms with Gasteiger partial charge in [0.2, 0.25) is 5.91 Å². The Balaban J connectivity index is 1.34. The molecule has 5 heterocycles. The SMILES string of the molecule is CCCCc1cn(C[C@H]2C[C@@H]3CC[NH+]2C[C@@H]3C(=O)Nc2nccs2)nn1. The van der Waals surface area contributed by atoms with E-state index in [1.54, 1.807) is 6.20 Å². The van der Waals surface area contributed by atoms with Crippen LogP contribution in [0.25, 0.3) is 0 Å². The van der Waals surface area contributed by atoms with Crippen molar-refractivity contribution < 1.29 is 9.69 Å². The topological polar surface area (TPSA) is 77.1 Å². The number of piperidine rings is 3. The Labute approximate surface area is 157 Å². The molecule has 3 fully saturated rings. The van der Waals surface area contributed by atoms with Crippen LogP contribution in [0.4, 0.5) is 5.13 Å². The number of rotatable bonds is 7. The van der Waals surface area contributed by atoms with Crippen LogP contribution in [0.15, 0.2) is 17.8 Å². The van der Waals surface area contributed by atoms with Gasteiger partial charge in [-0.05, 0) is 18.8 Å². The lowest BCUT2D eigenvalue weighted by Crippen LogP contribution is -3.20. The molecule has 7 nitrogen and oxygen atoms in total. The molecular weight excluding hydrogens is 348 g/mol. The number of hydrogen-bond donors (Lipinski definition) is 2. The number of nitrogens with zero attached hydrogens (tertiary/aromatic N) is 4. The highest BCUT2D eigenvalue weighted by molar-refractivity contribution is 7.13. The second-order valence-corrected chi connectivity index (χ2v) is 8.46. The largest absolute Gasteiger partial charge is 0.330 e. The molecule has 8 heteroatoms. The number of aromatic nitrogens is 4. The molecule has 0 radical (unpaired) electrons. The van der Waals surface area contributed by atoms with E-state index in [2.05, 4.69) is 33.7 Å². The molecule has 2 N–H and O–H groups in total. The number of anilines is 1. The Hall–Kier alpha value is -1.80. The fraction of sp³-hybridized carbons (Fsp3) is 0.667. The van der Waals surface area contributed by atoms with Gasteiger partial charge in [0.25, 0.3) is 0 Å². The lowest BCUT2D eigenvalue weighted by Gasteiger charge is -2.46. The molecule has 2 bridgehead atoms. The predicted molar refractivity (Wildman–Crippen MR) is 100 cm³/mol. The molecule has 0 saturated carbocycles. The Kier molecular flexibility index (Phi) is 5.31. The van der Waals surface area contributed by atoms with Crippen LogP contribution in [0.1, 0.15) is 38.3 Å². The van der Waals surface area contributed by atoms with Crippen LogP contribution in [0.5, 0.6) is 0 Å². The number of hydrogen-bond acceptors (Lipinski definition) is 5. The van der Waals surface area contributed by atoms with Crippen molar-refractivity contribution in [1.29, 1.82) is 0 Å². The smallest absolute Gasteiger partial charge is 0.235 e. The van der Waals surface area contributed by atoms with Gasteiger partial charge >= 0.3 is 0 Å². The maximum Gasteiger partial charge on any atom is 0.235 e. The van der Waals surface area contributed by atoms with E-state index in [1.165, 1.54) is 22.7 Å². The number of thiazole rings is 1. The van der Waals surface area contributed by atoms with E-state index in [-0.39, 0.29) is 11.8 Å². The minimum atomic E-state index is 0.106. The van der Waals surface area contributed by atoms with E-state index in [4.69, 9.17) is 0 Å². The van der Waals surface area contributed by atoms with Crippen LogP contribution in [0, 0.1) is 11.8 Å². The number of amides is 1. The molecule has 5 rings (SSSR count). The van der Waals surface area contributed by atoms with E-state index in [0.29, 0.717) is 17.1 Å². The van der Waals surface area contributed by atoms with Crippen molar-refractivity contribution in [2.45, 2.75) is 51.6 Å². The van der Waals surface area contributed by atoms with E-state index in [1.807, 2.05) is 10.1 Å². The van der Waals surface area contributed by atoms with Crippen molar-refractivity contribution in [3.05, 3.63) is 23.5 Å².